The average Bonchev–Trinajstić information content (AvgIpc) is 3.20. The number of pyridine rings is 2. The van der Waals surface area contributed by atoms with Crippen LogP contribution < -0.4 is 5.69 Å². The van der Waals surface area contributed by atoms with Crippen molar-refractivity contribution in [3.63, 3.8) is 0 Å². The summed E-state index contributed by atoms with van der Waals surface area (Å²) in [6.07, 6.45) is 4.24. The molecule has 4 rings (SSSR count). The molecule has 0 bridgehead atoms. The number of nitrogens with one attached hydrogen (secondary N) is 1. The topological polar surface area (TPSA) is 82.0 Å². The fraction of sp³-hybridized carbons (Fsp3) is 0.389. The number of aromatic amines is 1. The highest BCUT2D eigenvalue weighted by Crippen LogP contribution is 2.40. The van der Waals surface area contributed by atoms with Gasteiger partial charge in [0, 0.05) is 38.9 Å². The summed E-state index contributed by atoms with van der Waals surface area (Å²) in [5.74, 6) is 0. The van der Waals surface area contributed by atoms with Gasteiger partial charge in [-0.1, -0.05) is 0 Å². The van der Waals surface area contributed by atoms with Gasteiger partial charge in [0.15, 0.2) is 0 Å². The molecular weight excluding hydrogens is 320 g/mol. The van der Waals surface area contributed by atoms with Crippen LogP contribution in [0.3, 0.4) is 0 Å². The second kappa shape index (κ2) is 5.79. The summed E-state index contributed by atoms with van der Waals surface area (Å²) in [6.45, 7) is 3.19. The molecule has 1 aliphatic rings. The molecule has 25 heavy (non-hydrogen) atoms. The Bertz CT molecular complexity index is 999. The average molecular weight is 340 g/mol. The Balaban J connectivity index is 1.94. The highest BCUT2D eigenvalue weighted by Gasteiger charge is 2.40. The number of imidazole rings is 1. The minimum atomic E-state index is -0.519. The fourth-order valence-electron chi connectivity index (χ4n) is 3.59. The molecule has 1 fully saturated rings. The van der Waals surface area contributed by atoms with E-state index in [0.717, 1.165) is 34.3 Å². The number of nitrogens with zero attached hydrogens (tertiary/aromatic N) is 3. The van der Waals surface area contributed by atoms with E-state index in [9.17, 15) is 4.79 Å². The zero-order valence-electron chi connectivity index (χ0n) is 14.5. The lowest BCUT2D eigenvalue weighted by molar-refractivity contribution is -0.0215. The number of hydrogen-bond donors (Lipinski definition) is 1. The van der Waals surface area contributed by atoms with E-state index in [4.69, 9.17) is 9.47 Å². The fourth-order valence-corrected chi connectivity index (χ4v) is 3.59. The summed E-state index contributed by atoms with van der Waals surface area (Å²) < 4.78 is 13.0. The molecule has 1 saturated heterocycles. The van der Waals surface area contributed by atoms with E-state index in [2.05, 4.69) is 15.0 Å². The van der Waals surface area contributed by atoms with E-state index in [-0.39, 0.29) is 5.69 Å². The summed E-state index contributed by atoms with van der Waals surface area (Å²) >= 11 is 0. The molecule has 7 heteroatoms. The highest BCUT2D eigenvalue weighted by molar-refractivity contribution is 5.79. The van der Waals surface area contributed by atoms with Gasteiger partial charge in [0.1, 0.15) is 5.60 Å². The second-order valence-electron chi connectivity index (χ2n) is 6.43. The number of H-pyrrole nitrogens is 1. The summed E-state index contributed by atoms with van der Waals surface area (Å²) in [6, 6.07) is 3.84. The molecule has 1 aliphatic heterocycles. The van der Waals surface area contributed by atoms with E-state index >= 15 is 0 Å². The third-order valence-electron chi connectivity index (χ3n) is 5.02. The van der Waals surface area contributed by atoms with Crippen molar-refractivity contribution in [3.8, 4) is 11.4 Å². The van der Waals surface area contributed by atoms with Crippen LogP contribution in [0.15, 0.2) is 29.3 Å². The summed E-state index contributed by atoms with van der Waals surface area (Å²) in [7, 11) is 3.42. The lowest BCUT2D eigenvalue weighted by Gasteiger charge is -2.29. The molecule has 0 spiro atoms. The van der Waals surface area contributed by atoms with Crippen molar-refractivity contribution < 1.29 is 9.47 Å². The first-order chi connectivity index (χ1) is 12.1. The monoisotopic (exact) mass is 340 g/mol. The Morgan fingerprint density at radius 3 is 2.96 bits per heavy atom. The number of ether oxygens (including phenoxy) is 2. The van der Waals surface area contributed by atoms with Crippen molar-refractivity contribution in [2.45, 2.75) is 18.9 Å². The van der Waals surface area contributed by atoms with Crippen molar-refractivity contribution >= 4 is 11.0 Å². The molecule has 3 aromatic heterocycles. The van der Waals surface area contributed by atoms with Gasteiger partial charge in [0.2, 0.25) is 0 Å². The number of aromatic nitrogens is 4. The molecule has 0 saturated carbocycles. The van der Waals surface area contributed by atoms with E-state index in [1.807, 2.05) is 19.1 Å². The largest absolute Gasteiger partial charge is 0.378 e. The van der Waals surface area contributed by atoms with Gasteiger partial charge in [0.05, 0.1) is 35.2 Å². The van der Waals surface area contributed by atoms with Crippen LogP contribution in [0.1, 0.15) is 17.5 Å². The SMILES string of the molecule is COC1(c2c(C)ccnc2-c2cc3[nH]c(=O)n(C)c3cn2)CCOC1. The van der Waals surface area contributed by atoms with Crippen LogP contribution in [-0.4, -0.2) is 39.8 Å². The molecule has 4 heterocycles. The van der Waals surface area contributed by atoms with Crippen molar-refractivity contribution in [2.75, 3.05) is 20.3 Å². The van der Waals surface area contributed by atoms with E-state index in [1.54, 1.807) is 26.6 Å². The van der Waals surface area contributed by atoms with Crippen LogP contribution in [-0.2, 0) is 22.1 Å². The minimum absolute atomic E-state index is 0.163. The first-order valence-corrected chi connectivity index (χ1v) is 8.20. The van der Waals surface area contributed by atoms with Gasteiger partial charge in [0.25, 0.3) is 0 Å². The van der Waals surface area contributed by atoms with Gasteiger partial charge in [-0.15, -0.1) is 0 Å². The first-order valence-electron chi connectivity index (χ1n) is 8.20. The van der Waals surface area contributed by atoms with Crippen molar-refractivity contribution in [3.05, 3.63) is 46.1 Å². The lowest BCUT2D eigenvalue weighted by atomic mass is 9.87. The van der Waals surface area contributed by atoms with E-state index in [0.29, 0.717) is 18.9 Å². The zero-order chi connectivity index (χ0) is 17.6. The van der Waals surface area contributed by atoms with Crippen LogP contribution in [0.5, 0.6) is 0 Å². The van der Waals surface area contributed by atoms with Gasteiger partial charge in [-0.3, -0.25) is 14.5 Å². The lowest BCUT2D eigenvalue weighted by Crippen LogP contribution is -2.31. The number of aryl methyl sites for hydroxylation is 2. The molecule has 130 valence electrons. The maximum absolute atomic E-state index is 11.8. The third-order valence-corrected chi connectivity index (χ3v) is 5.02. The molecular formula is C18H20N4O3. The van der Waals surface area contributed by atoms with Crippen molar-refractivity contribution in [1.29, 1.82) is 0 Å². The van der Waals surface area contributed by atoms with Crippen LogP contribution in [0.2, 0.25) is 0 Å². The Kier molecular flexibility index (Phi) is 3.70. The molecule has 7 nitrogen and oxygen atoms in total. The van der Waals surface area contributed by atoms with Gasteiger partial charge in [-0.05, 0) is 24.6 Å². The smallest absolute Gasteiger partial charge is 0.326 e. The maximum atomic E-state index is 11.8. The van der Waals surface area contributed by atoms with E-state index in [1.165, 1.54) is 4.57 Å². The van der Waals surface area contributed by atoms with Gasteiger partial charge in [-0.25, -0.2) is 4.79 Å². The normalized spacial score (nSPS) is 20.4. The van der Waals surface area contributed by atoms with Gasteiger partial charge >= 0.3 is 5.69 Å². The third kappa shape index (κ3) is 2.39. The Labute approximate surface area is 144 Å². The predicted molar refractivity (Wildman–Crippen MR) is 93.4 cm³/mol. The molecule has 3 aromatic rings. The molecule has 1 unspecified atom stereocenters. The van der Waals surface area contributed by atoms with E-state index < -0.39 is 5.60 Å². The number of methoxy groups -OCH3 is 1. The number of rotatable bonds is 3. The van der Waals surface area contributed by atoms with Crippen LogP contribution >= 0.6 is 0 Å². The highest BCUT2D eigenvalue weighted by atomic mass is 16.5. The van der Waals surface area contributed by atoms with Gasteiger partial charge < -0.3 is 14.5 Å². The molecule has 0 aliphatic carbocycles. The standard InChI is InChI=1S/C18H20N4O3/c1-11-4-6-19-16(15(11)18(24-3)5-7-25-10-18)13-8-12-14(9-20-13)22(2)17(23)21-12/h4,6,8-9H,5,7,10H2,1-3H3,(H,21,23). The molecule has 1 N–H and O–H groups in total. The number of hydrogen-bond acceptors (Lipinski definition) is 5. The summed E-state index contributed by atoms with van der Waals surface area (Å²) in [4.78, 5) is 23.8. The predicted octanol–water partition coefficient (Wildman–Crippen LogP) is 1.89. The van der Waals surface area contributed by atoms with Crippen LogP contribution in [0, 0.1) is 6.92 Å². The number of fused-ring (bicyclic) bond motifs is 1. The Morgan fingerprint density at radius 1 is 1.40 bits per heavy atom. The van der Waals surface area contributed by atoms with Crippen molar-refractivity contribution in [1.82, 2.24) is 19.5 Å². The quantitative estimate of drug-likeness (QED) is 0.787. The first kappa shape index (κ1) is 16.0. The Hall–Kier alpha value is -2.51. The molecule has 0 aromatic carbocycles. The van der Waals surface area contributed by atoms with Crippen LogP contribution in [0.25, 0.3) is 22.4 Å². The Morgan fingerprint density at radius 2 is 2.24 bits per heavy atom. The van der Waals surface area contributed by atoms with Gasteiger partial charge in [-0.2, -0.15) is 0 Å². The summed E-state index contributed by atoms with van der Waals surface area (Å²) in [5, 5.41) is 0. The zero-order valence-corrected chi connectivity index (χ0v) is 14.5. The molecule has 0 amide bonds. The maximum Gasteiger partial charge on any atom is 0.326 e. The second-order valence-corrected chi connectivity index (χ2v) is 6.43. The molecule has 1 atom stereocenters. The molecule has 0 radical (unpaired) electrons. The minimum Gasteiger partial charge on any atom is -0.378 e. The van der Waals surface area contributed by atoms with Crippen molar-refractivity contribution in [2.24, 2.45) is 7.05 Å². The van der Waals surface area contributed by atoms with Crippen LogP contribution in [0.4, 0.5) is 0 Å². The summed E-state index contributed by atoms with van der Waals surface area (Å²) in [5.41, 5.74) is 4.36.